The molecule has 17 heavy (non-hydrogen) atoms. The van der Waals surface area contributed by atoms with Gasteiger partial charge in [0.25, 0.3) is 0 Å². The lowest BCUT2D eigenvalue weighted by atomic mass is 10.1. The van der Waals surface area contributed by atoms with Crippen molar-refractivity contribution in [1.82, 2.24) is 10.2 Å². The molecule has 1 aromatic rings. The molecule has 6 heteroatoms. The molecular formula is C11H15Cl2N3O. The summed E-state index contributed by atoms with van der Waals surface area (Å²) in [7, 11) is 0. The zero-order valence-electron chi connectivity index (χ0n) is 9.70. The number of hydrogen-bond acceptors (Lipinski definition) is 4. The molecule has 0 aliphatic carbocycles. The van der Waals surface area contributed by atoms with E-state index in [0.717, 1.165) is 38.2 Å². The average molecular weight is 276 g/mol. The molecule has 0 spiro atoms. The number of aromatic nitrogens is 2. The Hall–Kier alpha value is -0.580. The summed E-state index contributed by atoms with van der Waals surface area (Å²) in [5, 5.41) is 8.30. The van der Waals surface area contributed by atoms with Gasteiger partial charge in [-0.05, 0) is 19.8 Å². The number of anilines is 1. The van der Waals surface area contributed by atoms with Gasteiger partial charge < -0.3 is 9.64 Å². The van der Waals surface area contributed by atoms with Crippen molar-refractivity contribution in [2.45, 2.75) is 25.9 Å². The van der Waals surface area contributed by atoms with Crippen molar-refractivity contribution in [1.29, 1.82) is 0 Å². The molecule has 1 aliphatic heterocycles. The fourth-order valence-corrected chi connectivity index (χ4v) is 2.45. The Morgan fingerprint density at radius 3 is 3.06 bits per heavy atom. The van der Waals surface area contributed by atoms with Crippen LogP contribution in [0.4, 0.5) is 5.69 Å². The maximum atomic E-state index is 6.04. The molecule has 1 fully saturated rings. The molecule has 1 atom stereocenters. The van der Waals surface area contributed by atoms with Gasteiger partial charge >= 0.3 is 0 Å². The highest BCUT2D eigenvalue weighted by atomic mass is 35.5. The van der Waals surface area contributed by atoms with Crippen LogP contribution in [-0.2, 0) is 4.74 Å². The summed E-state index contributed by atoms with van der Waals surface area (Å²) < 4.78 is 5.65. The highest BCUT2D eigenvalue weighted by Crippen LogP contribution is 2.28. The van der Waals surface area contributed by atoms with Gasteiger partial charge in [-0.3, -0.25) is 0 Å². The average Bonchev–Trinajstić information content (AvgIpc) is 2.33. The molecule has 0 amide bonds. The van der Waals surface area contributed by atoms with Crippen LogP contribution in [0.1, 0.15) is 19.8 Å². The molecule has 1 saturated heterocycles. The second-order valence-corrected chi connectivity index (χ2v) is 4.75. The predicted molar refractivity (Wildman–Crippen MR) is 68.9 cm³/mol. The summed E-state index contributed by atoms with van der Waals surface area (Å²) in [5.41, 5.74) is 0.844. The number of hydrogen-bond donors (Lipinski definition) is 0. The smallest absolute Gasteiger partial charge is 0.175 e. The topological polar surface area (TPSA) is 38.2 Å². The number of halogens is 2. The van der Waals surface area contributed by atoms with Gasteiger partial charge in [0.05, 0.1) is 11.8 Å². The largest absolute Gasteiger partial charge is 0.377 e. The second kappa shape index (κ2) is 5.85. The molecule has 0 N–H and O–H groups in total. The first-order valence-corrected chi connectivity index (χ1v) is 6.51. The van der Waals surface area contributed by atoms with Crippen LogP contribution in [-0.4, -0.2) is 36.0 Å². The first kappa shape index (κ1) is 12.9. The van der Waals surface area contributed by atoms with E-state index in [1.807, 2.05) is 6.92 Å². The van der Waals surface area contributed by atoms with Gasteiger partial charge in [-0.15, -0.1) is 10.2 Å². The Morgan fingerprint density at radius 1 is 1.47 bits per heavy atom. The van der Waals surface area contributed by atoms with E-state index in [2.05, 4.69) is 15.1 Å². The summed E-state index contributed by atoms with van der Waals surface area (Å²) in [6.45, 7) is 4.53. The van der Waals surface area contributed by atoms with Gasteiger partial charge in [-0.1, -0.05) is 23.2 Å². The third-order valence-corrected chi connectivity index (χ3v) is 3.28. The third kappa shape index (κ3) is 3.21. The summed E-state index contributed by atoms with van der Waals surface area (Å²) in [6, 6.07) is 1.76. The van der Waals surface area contributed by atoms with Gasteiger partial charge in [0, 0.05) is 25.8 Å². The third-order valence-electron chi connectivity index (χ3n) is 2.82. The van der Waals surface area contributed by atoms with Gasteiger partial charge in [-0.25, -0.2) is 0 Å². The quantitative estimate of drug-likeness (QED) is 0.850. The molecule has 94 valence electrons. The molecule has 0 radical (unpaired) electrons. The highest BCUT2D eigenvalue weighted by molar-refractivity contribution is 6.33. The van der Waals surface area contributed by atoms with E-state index in [9.17, 15) is 0 Å². The number of piperidine rings is 1. The van der Waals surface area contributed by atoms with Crippen LogP contribution in [0.2, 0.25) is 10.3 Å². The SMILES string of the molecule is CCOC1CCCN(c2cc(Cl)nnc2Cl)C1. The molecular weight excluding hydrogens is 261 g/mol. The molecule has 4 nitrogen and oxygen atoms in total. The van der Waals surface area contributed by atoms with E-state index in [4.69, 9.17) is 27.9 Å². The normalized spacial score (nSPS) is 20.6. The van der Waals surface area contributed by atoms with Crippen molar-refractivity contribution in [2.24, 2.45) is 0 Å². The van der Waals surface area contributed by atoms with E-state index in [1.165, 1.54) is 0 Å². The van der Waals surface area contributed by atoms with Gasteiger partial charge in [-0.2, -0.15) is 0 Å². The number of ether oxygens (including phenoxy) is 1. The Balaban J connectivity index is 2.13. The molecule has 0 bridgehead atoms. The van der Waals surface area contributed by atoms with E-state index >= 15 is 0 Å². The minimum absolute atomic E-state index is 0.261. The molecule has 1 aliphatic rings. The van der Waals surface area contributed by atoms with Crippen LogP contribution in [0.3, 0.4) is 0 Å². The number of nitrogens with zero attached hydrogens (tertiary/aromatic N) is 3. The minimum atomic E-state index is 0.261. The molecule has 0 aromatic carbocycles. The Kier molecular flexibility index (Phi) is 4.42. The van der Waals surface area contributed by atoms with Crippen LogP contribution in [0.15, 0.2) is 6.07 Å². The van der Waals surface area contributed by atoms with Crippen molar-refractivity contribution in [2.75, 3.05) is 24.6 Å². The Morgan fingerprint density at radius 2 is 2.29 bits per heavy atom. The van der Waals surface area contributed by atoms with Crippen LogP contribution in [0.25, 0.3) is 0 Å². The molecule has 1 aromatic heterocycles. The molecule has 0 saturated carbocycles. The van der Waals surface area contributed by atoms with Crippen molar-refractivity contribution in [3.8, 4) is 0 Å². The second-order valence-electron chi connectivity index (χ2n) is 4.01. The summed E-state index contributed by atoms with van der Waals surface area (Å²) in [6.07, 6.45) is 2.44. The summed E-state index contributed by atoms with van der Waals surface area (Å²) >= 11 is 11.9. The lowest BCUT2D eigenvalue weighted by Gasteiger charge is -2.34. The Bertz CT molecular complexity index is 387. The standard InChI is InChI=1S/C11H15Cl2N3O/c1-2-17-8-4-3-5-16(7-8)9-6-10(12)14-15-11(9)13/h6,8H,2-5,7H2,1H3. The fraction of sp³-hybridized carbons (Fsp3) is 0.636. The number of rotatable bonds is 3. The van der Waals surface area contributed by atoms with E-state index in [1.54, 1.807) is 6.07 Å². The van der Waals surface area contributed by atoms with Crippen LogP contribution in [0, 0.1) is 0 Å². The highest BCUT2D eigenvalue weighted by Gasteiger charge is 2.22. The summed E-state index contributed by atoms with van der Waals surface area (Å²) in [5.74, 6) is 0. The van der Waals surface area contributed by atoms with Gasteiger partial charge in [0.2, 0.25) is 0 Å². The van der Waals surface area contributed by atoms with Crippen molar-refractivity contribution in [3.63, 3.8) is 0 Å². The maximum Gasteiger partial charge on any atom is 0.175 e. The first-order valence-electron chi connectivity index (χ1n) is 5.76. The van der Waals surface area contributed by atoms with Gasteiger partial charge in [0.15, 0.2) is 10.3 Å². The molecule has 2 rings (SSSR count). The lowest BCUT2D eigenvalue weighted by Crippen LogP contribution is -2.40. The lowest BCUT2D eigenvalue weighted by molar-refractivity contribution is 0.0526. The first-order chi connectivity index (χ1) is 8.20. The van der Waals surface area contributed by atoms with Crippen molar-refractivity contribution >= 4 is 28.9 Å². The van der Waals surface area contributed by atoms with E-state index in [-0.39, 0.29) is 6.10 Å². The van der Waals surface area contributed by atoms with Gasteiger partial charge in [0.1, 0.15) is 0 Å². The maximum absolute atomic E-state index is 6.04. The van der Waals surface area contributed by atoms with Crippen molar-refractivity contribution < 1.29 is 4.74 Å². The minimum Gasteiger partial charge on any atom is -0.377 e. The van der Waals surface area contributed by atoms with E-state index < -0.39 is 0 Å². The van der Waals surface area contributed by atoms with Crippen LogP contribution >= 0.6 is 23.2 Å². The molecule has 1 unspecified atom stereocenters. The molecule has 2 heterocycles. The van der Waals surface area contributed by atoms with Crippen molar-refractivity contribution in [3.05, 3.63) is 16.4 Å². The predicted octanol–water partition coefficient (Wildman–Crippen LogP) is 2.79. The van der Waals surface area contributed by atoms with Crippen LogP contribution in [0.5, 0.6) is 0 Å². The van der Waals surface area contributed by atoms with E-state index in [0.29, 0.717) is 10.3 Å². The Labute approximate surface area is 111 Å². The monoisotopic (exact) mass is 275 g/mol. The summed E-state index contributed by atoms with van der Waals surface area (Å²) in [4.78, 5) is 2.16. The van der Waals surface area contributed by atoms with Crippen LogP contribution < -0.4 is 4.90 Å². The zero-order valence-corrected chi connectivity index (χ0v) is 11.2. The zero-order chi connectivity index (χ0) is 12.3. The fourth-order valence-electron chi connectivity index (χ4n) is 2.09.